The van der Waals surface area contributed by atoms with Crippen LogP contribution in [-0.2, 0) is 16.0 Å². The van der Waals surface area contributed by atoms with Crippen LogP contribution in [0.2, 0.25) is 0 Å². The second kappa shape index (κ2) is 7.98. The molecule has 3 saturated carbocycles. The van der Waals surface area contributed by atoms with E-state index in [-0.39, 0.29) is 16.7 Å². The number of carbonyl (C=O) groups is 2. The van der Waals surface area contributed by atoms with E-state index in [0.717, 1.165) is 38.5 Å². The minimum atomic E-state index is 0.196. The smallest absolute Gasteiger partial charge is 0.136 e. The van der Waals surface area contributed by atoms with Gasteiger partial charge in [0.25, 0.3) is 0 Å². The van der Waals surface area contributed by atoms with Crippen LogP contribution < -0.4 is 0 Å². The molecule has 0 radical (unpaired) electrons. The van der Waals surface area contributed by atoms with Crippen LogP contribution in [-0.4, -0.2) is 16.6 Å². The average Bonchev–Trinajstić information content (AvgIpc) is 3.15. The van der Waals surface area contributed by atoms with Gasteiger partial charge in [-0.05, 0) is 105 Å². The zero-order valence-electron chi connectivity index (χ0n) is 19.2. The lowest BCUT2D eigenvalue weighted by Crippen LogP contribution is -2.51. The van der Waals surface area contributed by atoms with Crippen LogP contribution >= 0.6 is 0 Å². The van der Waals surface area contributed by atoms with Gasteiger partial charge in [0.2, 0.25) is 0 Å². The Morgan fingerprint density at radius 1 is 1.19 bits per heavy atom. The quantitative estimate of drug-likeness (QED) is 0.540. The third kappa shape index (κ3) is 3.43. The molecule has 0 bridgehead atoms. The SMILES string of the molecule is CC(=O)[C@H]1CC[C@H]2[C@@H]3CC=C4CC(=O)CC[C@@]4(C)[C@@H]3CC[C@]12CCCc1cccnc1. The maximum absolute atomic E-state index is 12.8. The van der Waals surface area contributed by atoms with E-state index in [1.165, 1.54) is 36.8 Å². The number of aromatic nitrogens is 1. The van der Waals surface area contributed by atoms with E-state index in [2.05, 4.69) is 24.1 Å². The number of hydrogen-bond acceptors (Lipinski definition) is 3. The minimum Gasteiger partial charge on any atom is -0.300 e. The van der Waals surface area contributed by atoms with Gasteiger partial charge >= 0.3 is 0 Å². The molecule has 0 amide bonds. The van der Waals surface area contributed by atoms with E-state index >= 15 is 0 Å². The van der Waals surface area contributed by atoms with Crippen molar-refractivity contribution in [2.45, 2.75) is 84.5 Å². The van der Waals surface area contributed by atoms with Gasteiger partial charge in [0.05, 0.1) is 0 Å². The lowest BCUT2D eigenvalue weighted by atomic mass is 9.46. The highest BCUT2D eigenvalue weighted by Gasteiger charge is 2.60. The fourth-order valence-corrected chi connectivity index (χ4v) is 8.55. The predicted octanol–water partition coefficient (Wildman–Crippen LogP) is 6.12. The number of nitrogens with zero attached hydrogens (tertiary/aromatic N) is 1. The van der Waals surface area contributed by atoms with Gasteiger partial charge in [0, 0.05) is 31.2 Å². The Labute approximate surface area is 187 Å². The van der Waals surface area contributed by atoms with E-state index < -0.39 is 0 Å². The third-order valence-corrected chi connectivity index (χ3v) is 9.97. The molecule has 0 N–H and O–H groups in total. The van der Waals surface area contributed by atoms with Gasteiger partial charge in [-0.25, -0.2) is 0 Å². The van der Waals surface area contributed by atoms with Crippen molar-refractivity contribution >= 4 is 11.6 Å². The number of pyridine rings is 1. The third-order valence-electron chi connectivity index (χ3n) is 9.97. The monoisotopic (exact) mass is 419 g/mol. The molecule has 1 aromatic heterocycles. The summed E-state index contributed by atoms with van der Waals surface area (Å²) in [6.45, 7) is 4.30. The van der Waals surface area contributed by atoms with Crippen molar-refractivity contribution in [2.24, 2.45) is 34.5 Å². The van der Waals surface area contributed by atoms with E-state index in [4.69, 9.17) is 0 Å². The van der Waals surface area contributed by atoms with Gasteiger partial charge in [-0.2, -0.15) is 0 Å². The fraction of sp³-hybridized carbons (Fsp3) is 0.679. The van der Waals surface area contributed by atoms with Crippen LogP contribution in [0.5, 0.6) is 0 Å². The Bertz CT molecular complexity index is 890. The number of Topliss-reactive ketones (excluding diaryl/α,β-unsaturated/α-hetero) is 2. The van der Waals surface area contributed by atoms with Crippen molar-refractivity contribution in [1.82, 2.24) is 4.98 Å². The highest BCUT2D eigenvalue weighted by molar-refractivity contribution is 5.82. The summed E-state index contributed by atoms with van der Waals surface area (Å²) in [5.74, 6) is 3.16. The van der Waals surface area contributed by atoms with Gasteiger partial charge in [0.1, 0.15) is 11.6 Å². The van der Waals surface area contributed by atoms with Crippen LogP contribution in [0.1, 0.15) is 83.6 Å². The maximum atomic E-state index is 12.8. The Hall–Kier alpha value is -1.77. The van der Waals surface area contributed by atoms with Gasteiger partial charge in [-0.3, -0.25) is 14.6 Å². The fourth-order valence-electron chi connectivity index (χ4n) is 8.55. The molecule has 166 valence electrons. The van der Waals surface area contributed by atoms with Crippen LogP contribution in [0, 0.1) is 34.5 Å². The van der Waals surface area contributed by atoms with Crippen molar-refractivity contribution in [3.05, 3.63) is 41.7 Å². The summed E-state index contributed by atoms with van der Waals surface area (Å²) in [5, 5.41) is 0. The van der Waals surface area contributed by atoms with E-state index in [1.54, 1.807) is 0 Å². The molecular weight excluding hydrogens is 382 g/mol. The second-order valence-electron chi connectivity index (χ2n) is 11.2. The topological polar surface area (TPSA) is 47.0 Å². The molecule has 3 fully saturated rings. The van der Waals surface area contributed by atoms with Crippen molar-refractivity contribution in [3.63, 3.8) is 0 Å². The summed E-state index contributed by atoms with van der Waals surface area (Å²) in [4.78, 5) is 29.2. The standard InChI is InChI=1S/C28H37NO2/c1-19(30)24-9-10-26-23-8-7-21-17-22(31)11-14-27(21,2)25(23)12-15-28(24,26)13-3-5-20-6-4-16-29-18-20/h4,6-7,16,18,23-26H,3,5,8-15,17H2,1-2H3/t23-,24-,25-,26+,27-,28-/m1/s1. The predicted molar refractivity (Wildman–Crippen MR) is 122 cm³/mol. The number of aryl methyl sites for hydroxylation is 1. The molecule has 1 heterocycles. The Morgan fingerprint density at radius 3 is 2.84 bits per heavy atom. The van der Waals surface area contributed by atoms with Crippen molar-refractivity contribution in [1.29, 1.82) is 0 Å². The maximum Gasteiger partial charge on any atom is 0.136 e. The van der Waals surface area contributed by atoms with Crippen molar-refractivity contribution in [3.8, 4) is 0 Å². The first kappa shape index (κ1) is 21.1. The molecule has 3 heteroatoms. The first-order chi connectivity index (χ1) is 14.9. The largest absolute Gasteiger partial charge is 0.300 e. The summed E-state index contributed by atoms with van der Waals surface area (Å²) in [6, 6.07) is 4.20. The first-order valence-corrected chi connectivity index (χ1v) is 12.5. The van der Waals surface area contributed by atoms with E-state index in [1.807, 2.05) is 25.4 Å². The van der Waals surface area contributed by atoms with Gasteiger partial charge in [-0.15, -0.1) is 0 Å². The number of fused-ring (bicyclic) bond motifs is 5. The van der Waals surface area contributed by atoms with Crippen molar-refractivity contribution in [2.75, 3.05) is 0 Å². The highest BCUT2D eigenvalue weighted by atomic mass is 16.1. The summed E-state index contributed by atoms with van der Waals surface area (Å²) in [5.41, 5.74) is 3.16. The zero-order chi connectivity index (χ0) is 21.6. The molecule has 3 nitrogen and oxygen atoms in total. The summed E-state index contributed by atoms with van der Waals surface area (Å²) in [6.07, 6.45) is 18.0. The molecule has 6 atom stereocenters. The summed E-state index contributed by atoms with van der Waals surface area (Å²) >= 11 is 0. The molecule has 0 unspecified atom stereocenters. The zero-order valence-corrected chi connectivity index (χ0v) is 19.2. The Kier molecular flexibility index (Phi) is 5.43. The second-order valence-corrected chi connectivity index (χ2v) is 11.2. The highest BCUT2D eigenvalue weighted by Crippen LogP contribution is 2.67. The number of hydrogen-bond donors (Lipinski definition) is 0. The molecular formula is C28H37NO2. The number of rotatable bonds is 5. The molecule has 0 saturated heterocycles. The molecule has 4 aliphatic rings. The Balaban J connectivity index is 1.40. The first-order valence-electron chi connectivity index (χ1n) is 12.5. The van der Waals surface area contributed by atoms with E-state index in [9.17, 15) is 9.59 Å². The summed E-state index contributed by atoms with van der Waals surface area (Å²) in [7, 11) is 0. The molecule has 31 heavy (non-hydrogen) atoms. The molecule has 0 aliphatic heterocycles. The summed E-state index contributed by atoms with van der Waals surface area (Å²) < 4.78 is 0. The van der Waals surface area contributed by atoms with Crippen LogP contribution in [0.15, 0.2) is 36.2 Å². The Morgan fingerprint density at radius 2 is 2.06 bits per heavy atom. The number of carbonyl (C=O) groups excluding carboxylic acids is 2. The number of ketones is 2. The minimum absolute atomic E-state index is 0.196. The molecule has 0 spiro atoms. The lowest BCUT2D eigenvalue weighted by molar-refractivity contribution is -0.130. The van der Waals surface area contributed by atoms with Crippen molar-refractivity contribution < 1.29 is 9.59 Å². The molecule has 1 aromatic rings. The van der Waals surface area contributed by atoms with Crippen LogP contribution in [0.25, 0.3) is 0 Å². The number of allylic oxidation sites excluding steroid dienone is 2. The van der Waals surface area contributed by atoms with Crippen LogP contribution in [0.4, 0.5) is 0 Å². The van der Waals surface area contributed by atoms with Gasteiger partial charge in [0.15, 0.2) is 0 Å². The molecule has 5 rings (SSSR count). The van der Waals surface area contributed by atoms with Gasteiger partial charge in [-0.1, -0.05) is 24.6 Å². The van der Waals surface area contributed by atoms with Gasteiger partial charge < -0.3 is 0 Å². The average molecular weight is 420 g/mol. The van der Waals surface area contributed by atoms with Crippen LogP contribution in [0.3, 0.4) is 0 Å². The normalized spacial score (nSPS) is 39.3. The lowest BCUT2D eigenvalue weighted by Gasteiger charge is -2.58. The van der Waals surface area contributed by atoms with E-state index in [0.29, 0.717) is 35.7 Å². The molecule has 4 aliphatic carbocycles. The molecule has 0 aromatic carbocycles.